The van der Waals surface area contributed by atoms with E-state index in [9.17, 15) is 4.79 Å². The molecule has 0 amide bonds. The highest BCUT2D eigenvalue weighted by atomic mass is 32.1. The van der Waals surface area contributed by atoms with Crippen LogP contribution in [0.2, 0.25) is 0 Å². The molecule has 2 aromatic carbocycles. The number of anilines is 1. The van der Waals surface area contributed by atoms with Crippen molar-refractivity contribution in [2.45, 2.75) is 19.3 Å². The first kappa shape index (κ1) is 18.1. The number of piperidine rings is 1. The summed E-state index contributed by atoms with van der Waals surface area (Å²) < 4.78 is 6.16. The van der Waals surface area contributed by atoms with E-state index in [0.29, 0.717) is 5.56 Å². The van der Waals surface area contributed by atoms with Crippen molar-refractivity contribution in [2.75, 3.05) is 25.1 Å². The quantitative estimate of drug-likeness (QED) is 0.401. The van der Waals surface area contributed by atoms with Gasteiger partial charge in [-0.25, -0.2) is 9.78 Å². The van der Waals surface area contributed by atoms with Gasteiger partial charge in [0.15, 0.2) is 0 Å². The third kappa shape index (κ3) is 3.36. The number of thiophene rings is 1. The molecule has 3 heterocycles. The van der Waals surface area contributed by atoms with E-state index < -0.39 is 0 Å². The van der Waals surface area contributed by atoms with Crippen molar-refractivity contribution in [1.29, 1.82) is 0 Å². The van der Waals surface area contributed by atoms with Gasteiger partial charge in [-0.1, -0.05) is 18.2 Å². The molecule has 29 heavy (non-hydrogen) atoms. The summed E-state index contributed by atoms with van der Waals surface area (Å²) >= 11 is 1.79. The van der Waals surface area contributed by atoms with Crippen LogP contribution in [-0.4, -0.2) is 31.2 Å². The van der Waals surface area contributed by atoms with Crippen molar-refractivity contribution in [3.63, 3.8) is 0 Å². The zero-order valence-electron chi connectivity index (χ0n) is 16.4. The van der Waals surface area contributed by atoms with Crippen LogP contribution in [0.3, 0.4) is 0 Å². The number of hydrogen-bond donors (Lipinski definition) is 0. The Morgan fingerprint density at radius 3 is 2.62 bits per heavy atom. The maximum Gasteiger partial charge on any atom is 0.337 e. The molecule has 0 aliphatic carbocycles. The van der Waals surface area contributed by atoms with Crippen LogP contribution < -0.4 is 4.90 Å². The van der Waals surface area contributed by atoms with Crippen LogP contribution in [0.4, 0.5) is 5.69 Å². The summed E-state index contributed by atoms with van der Waals surface area (Å²) in [6.07, 6.45) is 3.68. The first-order valence-corrected chi connectivity index (χ1v) is 10.8. The molecule has 5 heteroatoms. The molecule has 1 aliphatic rings. The van der Waals surface area contributed by atoms with E-state index in [0.717, 1.165) is 35.4 Å². The third-order valence-corrected chi connectivity index (χ3v) is 6.69. The van der Waals surface area contributed by atoms with Gasteiger partial charge in [-0.2, -0.15) is 0 Å². The maximum absolute atomic E-state index is 12.0. The molecule has 4 nitrogen and oxygen atoms in total. The molecule has 0 radical (unpaired) electrons. The third-order valence-electron chi connectivity index (χ3n) is 5.57. The first-order chi connectivity index (χ1) is 14.2. The molecule has 146 valence electrons. The fourth-order valence-corrected chi connectivity index (χ4v) is 5.13. The molecule has 0 spiro atoms. The van der Waals surface area contributed by atoms with E-state index in [1.807, 2.05) is 12.1 Å². The Labute approximate surface area is 173 Å². The Balaban J connectivity index is 1.70. The van der Waals surface area contributed by atoms with Crippen molar-refractivity contribution in [1.82, 2.24) is 4.98 Å². The maximum atomic E-state index is 12.0. The zero-order chi connectivity index (χ0) is 19.8. The minimum Gasteiger partial charge on any atom is -0.465 e. The molecule has 4 aromatic rings. The summed E-state index contributed by atoms with van der Waals surface area (Å²) in [7, 11) is 1.41. The Kier molecular flexibility index (Phi) is 4.68. The van der Waals surface area contributed by atoms with Crippen LogP contribution in [0.25, 0.3) is 31.6 Å². The second-order valence-electron chi connectivity index (χ2n) is 7.45. The molecule has 2 aromatic heterocycles. The van der Waals surface area contributed by atoms with Gasteiger partial charge in [0.05, 0.1) is 28.8 Å². The largest absolute Gasteiger partial charge is 0.465 e. The lowest BCUT2D eigenvalue weighted by atomic mass is 10.1. The molecule has 5 rings (SSSR count). The van der Waals surface area contributed by atoms with Gasteiger partial charge in [0.1, 0.15) is 5.69 Å². The van der Waals surface area contributed by atoms with Crippen LogP contribution in [0.15, 0.2) is 54.6 Å². The van der Waals surface area contributed by atoms with Crippen molar-refractivity contribution in [3.05, 3.63) is 60.2 Å². The van der Waals surface area contributed by atoms with E-state index in [-0.39, 0.29) is 5.97 Å². The number of carbonyl (C=O) groups excluding carboxylic acids is 1. The number of carbonyl (C=O) groups is 1. The molecule has 0 saturated carbocycles. The molecule has 0 atom stereocenters. The van der Waals surface area contributed by atoms with Gasteiger partial charge in [0.2, 0.25) is 0 Å². The van der Waals surface area contributed by atoms with Gasteiger partial charge < -0.3 is 9.64 Å². The zero-order valence-corrected chi connectivity index (χ0v) is 17.2. The number of esters is 1. The number of benzene rings is 2. The average Bonchev–Trinajstić information content (AvgIpc) is 3.22. The van der Waals surface area contributed by atoms with Crippen LogP contribution in [0, 0.1) is 0 Å². The summed E-state index contributed by atoms with van der Waals surface area (Å²) in [6.45, 7) is 2.09. The molecule has 0 unspecified atom stereocenters. The number of hydrogen-bond acceptors (Lipinski definition) is 5. The average molecular weight is 403 g/mol. The summed E-state index contributed by atoms with van der Waals surface area (Å²) in [5, 5.41) is 2.22. The molecular formula is C24H22N2O2S. The van der Waals surface area contributed by atoms with Gasteiger partial charge in [-0.15, -0.1) is 11.3 Å². The number of pyridine rings is 1. The van der Waals surface area contributed by atoms with Crippen LogP contribution in [-0.2, 0) is 4.74 Å². The van der Waals surface area contributed by atoms with Gasteiger partial charge in [0.25, 0.3) is 0 Å². The molecule has 0 bridgehead atoms. The minimum absolute atomic E-state index is 0.319. The highest BCUT2D eigenvalue weighted by Crippen LogP contribution is 2.39. The molecule has 1 fully saturated rings. The lowest BCUT2D eigenvalue weighted by Gasteiger charge is -2.30. The molecular weight excluding hydrogens is 380 g/mol. The van der Waals surface area contributed by atoms with E-state index in [4.69, 9.17) is 9.72 Å². The van der Waals surface area contributed by atoms with Crippen LogP contribution >= 0.6 is 11.3 Å². The first-order valence-electron chi connectivity index (χ1n) is 10.00. The number of fused-ring (bicyclic) bond motifs is 2. The molecule has 0 N–H and O–H groups in total. The second-order valence-corrected chi connectivity index (χ2v) is 8.54. The lowest BCUT2D eigenvalue weighted by Crippen LogP contribution is -2.30. The highest BCUT2D eigenvalue weighted by molar-refractivity contribution is 7.22. The fourth-order valence-electron chi connectivity index (χ4n) is 4.07. The van der Waals surface area contributed by atoms with Crippen molar-refractivity contribution in [2.24, 2.45) is 0 Å². The summed E-state index contributed by atoms with van der Waals surface area (Å²) in [5.74, 6) is -0.319. The van der Waals surface area contributed by atoms with Crippen LogP contribution in [0.1, 0.15) is 29.6 Å². The topological polar surface area (TPSA) is 42.4 Å². The Morgan fingerprint density at radius 1 is 1.00 bits per heavy atom. The predicted molar refractivity (Wildman–Crippen MR) is 120 cm³/mol. The Bertz CT molecular complexity index is 1180. The Hall–Kier alpha value is -2.92. The molecule has 1 saturated heterocycles. The summed E-state index contributed by atoms with van der Waals surface area (Å²) in [6, 6.07) is 18.5. The lowest BCUT2D eigenvalue weighted by molar-refractivity contribution is 0.0601. The Morgan fingerprint density at radius 2 is 1.83 bits per heavy atom. The smallest absolute Gasteiger partial charge is 0.337 e. The van der Waals surface area contributed by atoms with Crippen LogP contribution in [0.5, 0.6) is 0 Å². The monoisotopic (exact) mass is 402 g/mol. The molecule has 1 aliphatic heterocycles. The van der Waals surface area contributed by atoms with Gasteiger partial charge in [0, 0.05) is 23.2 Å². The summed E-state index contributed by atoms with van der Waals surface area (Å²) in [4.78, 5) is 20.7. The highest BCUT2D eigenvalue weighted by Gasteiger charge is 2.20. The fraction of sp³-hybridized carbons (Fsp3) is 0.250. The van der Waals surface area contributed by atoms with E-state index in [1.54, 1.807) is 17.4 Å². The van der Waals surface area contributed by atoms with E-state index in [1.165, 1.54) is 41.3 Å². The minimum atomic E-state index is -0.319. The van der Waals surface area contributed by atoms with Crippen molar-refractivity contribution in [3.8, 4) is 10.6 Å². The van der Waals surface area contributed by atoms with E-state index in [2.05, 4.69) is 41.3 Å². The number of rotatable bonds is 3. The SMILES string of the molecule is COC(=O)c1ccc2nc(-c3cc4ccccc4s3)c(N3CCCCC3)cc2c1. The van der Waals surface area contributed by atoms with E-state index >= 15 is 0 Å². The summed E-state index contributed by atoms with van der Waals surface area (Å²) in [5.41, 5.74) is 3.64. The number of aromatic nitrogens is 1. The number of ether oxygens (including phenoxy) is 1. The van der Waals surface area contributed by atoms with Crippen molar-refractivity contribution < 1.29 is 9.53 Å². The van der Waals surface area contributed by atoms with Gasteiger partial charge in [-0.3, -0.25) is 0 Å². The van der Waals surface area contributed by atoms with Gasteiger partial charge in [-0.05, 0) is 61.0 Å². The normalized spacial score (nSPS) is 14.4. The van der Waals surface area contributed by atoms with Gasteiger partial charge >= 0.3 is 5.97 Å². The standard InChI is InChI=1S/C24H22N2O2S/c1-28-24(27)17-9-10-19-18(13-17)14-20(26-11-5-2-6-12-26)23(25-19)22-15-16-7-3-4-8-21(16)29-22/h3-4,7-10,13-15H,2,5-6,11-12H2,1H3. The number of nitrogens with zero attached hydrogens (tertiary/aromatic N) is 2. The number of methoxy groups -OCH3 is 1. The second kappa shape index (κ2) is 7.48. The predicted octanol–water partition coefficient (Wildman–Crippen LogP) is 5.89. The van der Waals surface area contributed by atoms with Crippen molar-refractivity contribution >= 4 is 44.0 Å².